The van der Waals surface area contributed by atoms with E-state index in [1.54, 1.807) is 0 Å². The Morgan fingerprint density at radius 2 is 1.40 bits per heavy atom. The van der Waals surface area contributed by atoms with Gasteiger partial charge in [0.15, 0.2) is 0 Å². The van der Waals surface area contributed by atoms with Crippen molar-refractivity contribution in [3.8, 4) is 16.9 Å². The molecular weight excluding hydrogens is 310 g/mol. The largest absolute Gasteiger partial charge is 0.493 e. The predicted octanol–water partition coefficient (Wildman–Crippen LogP) is 4.03. The number of ether oxygens (including phenoxy) is 1. The van der Waals surface area contributed by atoms with E-state index >= 15 is 0 Å². The van der Waals surface area contributed by atoms with Gasteiger partial charge in [0.2, 0.25) is 0 Å². The lowest BCUT2D eigenvalue weighted by Crippen LogP contribution is -2.36. The summed E-state index contributed by atoms with van der Waals surface area (Å²) in [6.45, 7) is 4.73. The Morgan fingerprint density at radius 3 is 2.04 bits per heavy atom. The third-order valence-corrected chi connectivity index (χ3v) is 5.37. The molecule has 3 heteroatoms. The van der Waals surface area contributed by atoms with Crippen LogP contribution in [0.2, 0.25) is 0 Å². The lowest BCUT2D eigenvalue weighted by Gasteiger charge is -2.31. The van der Waals surface area contributed by atoms with Crippen molar-refractivity contribution in [3.05, 3.63) is 54.6 Å². The summed E-state index contributed by atoms with van der Waals surface area (Å²) < 4.78 is 6.05. The third-order valence-electron chi connectivity index (χ3n) is 5.37. The highest BCUT2D eigenvalue weighted by atomic mass is 16.5. The van der Waals surface area contributed by atoms with Gasteiger partial charge in [0, 0.05) is 6.54 Å². The van der Waals surface area contributed by atoms with Crippen LogP contribution < -0.4 is 4.74 Å². The zero-order valence-electron chi connectivity index (χ0n) is 14.9. The molecule has 1 saturated heterocycles. The number of benzene rings is 2. The van der Waals surface area contributed by atoms with Gasteiger partial charge in [0.25, 0.3) is 0 Å². The van der Waals surface area contributed by atoms with Gasteiger partial charge in [-0.05, 0) is 73.9 Å². The first-order valence-electron chi connectivity index (χ1n) is 9.37. The first-order valence-corrected chi connectivity index (χ1v) is 9.37. The number of nitrogens with zero attached hydrogens (tertiary/aromatic N) is 1. The van der Waals surface area contributed by atoms with E-state index in [0.717, 1.165) is 18.3 Å². The Bertz CT molecular complexity index is 629. The van der Waals surface area contributed by atoms with Crippen LogP contribution >= 0.6 is 0 Å². The molecule has 0 aromatic heterocycles. The van der Waals surface area contributed by atoms with Crippen LogP contribution in [0, 0.1) is 11.8 Å². The number of hydrogen-bond donors (Lipinski definition) is 0. The highest BCUT2D eigenvalue weighted by molar-refractivity contribution is 5.63. The van der Waals surface area contributed by atoms with E-state index in [4.69, 9.17) is 4.74 Å². The molecule has 1 aliphatic carbocycles. The van der Waals surface area contributed by atoms with Crippen LogP contribution in [-0.2, 0) is 0 Å². The molecule has 1 heterocycles. The summed E-state index contributed by atoms with van der Waals surface area (Å²) in [4.78, 5) is 2.66. The lowest BCUT2D eigenvalue weighted by atomic mass is 9.97. The van der Waals surface area contributed by atoms with E-state index in [1.165, 1.54) is 56.4 Å². The predicted molar refractivity (Wildman–Crippen MR) is 103 cm³/mol. The first kappa shape index (κ1) is 18.0. The molecule has 0 spiro atoms. The van der Waals surface area contributed by atoms with Gasteiger partial charge < -0.3 is 15.1 Å². The fourth-order valence-corrected chi connectivity index (χ4v) is 3.59. The second-order valence-electron chi connectivity index (χ2n) is 7.39. The van der Waals surface area contributed by atoms with Crippen LogP contribution in [0.5, 0.6) is 5.75 Å². The van der Waals surface area contributed by atoms with Crippen molar-refractivity contribution < 1.29 is 10.2 Å². The molecule has 4 rings (SSSR count). The van der Waals surface area contributed by atoms with Gasteiger partial charge in [-0.3, -0.25) is 0 Å². The third kappa shape index (κ3) is 5.07. The average Bonchev–Trinajstić information content (AvgIpc) is 3.46. The standard InChI is InChI=1S/C22H27NO.H2O/c1-2-4-20(5-3-1)21-8-10-22(11-9-21)24-17-19-12-14-23(15-13-19)16-18-6-7-18;/h1-5,8-11,18-19H,6-7,12-17H2;1H2. The minimum atomic E-state index is 0. The monoisotopic (exact) mass is 339 g/mol. The fourth-order valence-electron chi connectivity index (χ4n) is 3.59. The quantitative estimate of drug-likeness (QED) is 0.797. The Hall–Kier alpha value is -1.84. The van der Waals surface area contributed by atoms with Gasteiger partial charge in [0.1, 0.15) is 5.75 Å². The van der Waals surface area contributed by atoms with Crippen LogP contribution in [0.15, 0.2) is 54.6 Å². The van der Waals surface area contributed by atoms with Crippen LogP contribution in [0.1, 0.15) is 25.7 Å². The summed E-state index contributed by atoms with van der Waals surface area (Å²) >= 11 is 0. The van der Waals surface area contributed by atoms with Gasteiger partial charge in [-0.1, -0.05) is 42.5 Å². The maximum absolute atomic E-state index is 6.05. The maximum Gasteiger partial charge on any atom is 0.119 e. The molecule has 134 valence electrons. The van der Waals surface area contributed by atoms with Crippen LogP contribution in [-0.4, -0.2) is 36.6 Å². The summed E-state index contributed by atoms with van der Waals surface area (Å²) in [5.41, 5.74) is 2.50. The van der Waals surface area contributed by atoms with Crippen molar-refractivity contribution in [2.24, 2.45) is 11.8 Å². The average molecular weight is 339 g/mol. The molecule has 2 fully saturated rings. The zero-order valence-corrected chi connectivity index (χ0v) is 14.9. The zero-order chi connectivity index (χ0) is 16.2. The SMILES string of the molecule is O.c1ccc(-c2ccc(OCC3CCN(CC4CC4)CC3)cc2)cc1. The van der Waals surface area contributed by atoms with Crippen molar-refractivity contribution in [2.45, 2.75) is 25.7 Å². The van der Waals surface area contributed by atoms with Crippen molar-refractivity contribution in [1.82, 2.24) is 4.90 Å². The Labute approximate surface area is 150 Å². The van der Waals surface area contributed by atoms with E-state index < -0.39 is 0 Å². The van der Waals surface area contributed by atoms with E-state index in [-0.39, 0.29) is 5.48 Å². The molecule has 2 aromatic carbocycles. The molecule has 0 atom stereocenters. The molecular formula is C22H29NO2. The minimum absolute atomic E-state index is 0. The van der Waals surface area contributed by atoms with E-state index in [0.29, 0.717) is 5.92 Å². The normalized spacial score (nSPS) is 18.6. The molecule has 0 amide bonds. The number of piperidine rings is 1. The minimum Gasteiger partial charge on any atom is -0.493 e. The van der Waals surface area contributed by atoms with Crippen molar-refractivity contribution in [2.75, 3.05) is 26.2 Å². The Balaban J connectivity index is 0.00000182. The van der Waals surface area contributed by atoms with E-state index in [9.17, 15) is 0 Å². The van der Waals surface area contributed by atoms with Crippen LogP contribution in [0.25, 0.3) is 11.1 Å². The second kappa shape index (κ2) is 8.50. The molecule has 1 saturated carbocycles. The van der Waals surface area contributed by atoms with Crippen LogP contribution in [0.3, 0.4) is 0 Å². The molecule has 0 unspecified atom stereocenters. The number of likely N-dealkylation sites (tertiary alicyclic amines) is 1. The van der Waals surface area contributed by atoms with E-state index in [1.807, 2.05) is 0 Å². The molecule has 2 aliphatic rings. The highest BCUT2D eigenvalue weighted by Gasteiger charge is 2.27. The summed E-state index contributed by atoms with van der Waals surface area (Å²) in [5.74, 6) is 2.73. The van der Waals surface area contributed by atoms with Gasteiger partial charge in [-0.25, -0.2) is 0 Å². The Morgan fingerprint density at radius 1 is 0.760 bits per heavy atom. The number of hydrogen-bond acceptors (Lipinski definition) is 2. The molecule has 0 bridgehead atoms. The molecule has 3 nitrogen and oxygen atoms in total. The van der Waals surface area contributed by atoms with Gasteiger partial charge >= 0.3 is 0 Å². The summed E-state index contributed by atoms with van der Waals surface area (Å²) in [7, 11) is 0. The summed E-state index contributed by atoms with van der Waals surface area (Å²) in [6, 6.07) is 19.0. The molecule has 2 aromatic rings. The lowest BCUT2D eigenvalue weighted by molar-refractivity contribution is 0.138. The topological polar surface area (TPSA) is 44.0 Å². The van der Waals surface area contributed by atoms with Gasteiger partial charge in [-0.15, -0.1) is 0 Å². The molecule has 1 aliphatic heterocycles. The Kier molecular flexibility index (Phi) is 6.11. The smallest absolute Gasteiger partial charge is 0.119 e. The summed E-state index contributed by atoms with van der Waals surface area (Å²) in [5, 5.41) is 0. The second-order valence-corrected chi connectivity index (χ2v) is 7.39. The highest BCUT2D eigenvalue weighted by Crippen LogP contribution is 2.31. The van der Waals surface area contributed by atoms with E-state index in [2.05, 4.69) is 59.5 Å². The molecule has 2 N–H and O–H groups in total. The first-order chi connectivity index (χ1) is 11.9. The van der Waals surface area contributed by atoms with Crippen molar-refractivity contribution in [3.63, 3.8) is 0 Å². The van der Waals surface area contributed by atoms with Crippen molar-refractivity contribution >= 4 is 0 Å². The van der Waals surface area contributed by atoms with Gasteiger partial charge in [0.05, 0.1) is 6.61 Å². The van der Waals surface area contributed by atoms with Crippen LogP contribution in [0.4, 0.5) is 0 Å². The molecule has 0 radical (unpaired) electrons. The van der Waals surface area contributed by atoms with Gasteiger partial charge in [-0.2, -0.15) is 0 Å². The maximum atomic E-state index is 6.05. The number of rotatable bonds is 6. The molecule has 25 heavy (non-hydrogen) atoms. The van der Waals surface area contributed by atoms with Crippen molar-refractivity contribution in [1.29, 1.82) is 0 Å². The fraction of sp³-hybridized carbons (Fsp3) is 0.455. The summed E-state index contributed by atoms with van der Waals surface area (Å²) in [6.07, 6.45) is 5.49.